The van der Waals surface area contributed by atoms with E-state index in [4.69, 9.17) is 9.47 Å². The average Bonchev–Trinajstić information content (AvgIpc) is 2.76. The maximum atomic E-state index is 12.9. The van der Waals surface area contributed by atoms with Crippen molar-refractivity contribution < 1.29 is 32.5 Å². The molecule has 1 unspecified atom stereocenters. The predicted molar refractivity (Wildman–Crippen MR) is 91.9 cm³/mol. The lowest BCUT2D eigenvalue weighted by Crippen LogP contribution is -2.38. The summed E-state index contributed by atoms with van der Waals surface area (Å²) < 4.78 is 49.1. The highest BCUT2D eigenvalue weighted by molar-refractivity contribution is 6.00. The third-order valence-electron chi connectivity index (χ3n) is 4.60. The third-order valence-corrected chi connectivity index (χ3v) is 4.60. The van der Waals surface area contributed by atoms with E-state index < -0.39 is 23.3 Å². The molecule has 0 saturated heterocycles. The number of hydrogen-bond acceptors (Lipinski definition) is 4. The highest BCUT2D eigenvalue weighted by Gasteiger charge is 2.43. The summed E-state index contributed by atoms with van der Waals surface area (Å²) in [5.74, 6) is -0.325. The van der Waals surface area contributed by atoms with E-state index >= 15 is 0 Å². The largest absolute Gasteiger partial charge is 0.489 e. The molecule has 4 nitrogen and oxygen atoms in total. The molecule has 0 fully saturated rings. The predicted octanol–water partition coefficient (Wildman–Crippen LogP) is 3.93. The summed E-state index contributed by atoms with van der Waals surface area (Å²) in [6.45, 7) is 1.28. The van der Waals surface area contributed by atoms with Crippen molar-refractivity contribution in [3.05, 3.63) is 70.8 Å². The van der Waals surface area contributed by atoms with Crippen molar-refractivity contribution in [2.75, 3.05) is 13.7 Å². The van der Waals surface area contributed by atoms with Gasteiger partial charge in [0.2, 0.25) is 0 Å². The smallest absolute Gasteiger partial charge is 0.416 e. The summed E-state index contributed by atoms with van der Waals surface area (Å²) in [5.41, 5.74) is -1.77. The van der Waals surface area contributed by atoms with Crippen LogP contribution in [0.3, 0.4) is 0 Å². The van der Waals surface area contributed by atoms with E-state index in [2.05, 4.69) is 0 Å². The van der Waals surface area contributed by atoms with Gasteiger partial charge in [0, 0.05) is 5.56 Å². The molecule has 1 aliphatic rings. The number of methoxy groups -OCH3 is 1. The van der Waals surface area contributed by atoms with E-state index in [-0.39, 0.29) is 17.7 Å². The molecule has 0 aliphatic carbocycles. The molecule has 3 rings (SSSR count). The Labute approximate surface area is 153 Å². The molecule has 0 saturated carbocycles. The minimum absolute atomic E-state index is 0.0743. The van der Waals surface area contributed by atoms with Crippen LogP contribution in [0.15, 0.2) is 54.1 Å². The number of rotatable bonds is 2. The lowest BCUT2D eigenvalue weighted by atomic mass is 9.82. The van der Waals surface area contributed by atoms with Crippen LogP contribution in [0.2, 0.25) is 0 Å². The van der Waals surface area contributed by atoms with Gasteiger partial charge >= 0.3 is 12.1 Å². The number of aliphatic hydroxyl groups is 1. The van der Waals surface area contributed by atoms with Gasteiger partial charge in [-0.2, -0.15) is 13.2 Å². The number of ether oxygens (including phenoxy) is 2. The molecule has 1 atom stereocenters. The first-order chi connectivity index (χ1) is 12.7. The molecule has 0 amide bonds. The second kappa shape index (κ2) is 6.74. The van der Waals surface area contributed by atoms with Crippen molar-refractivity contribution >= 4 is 11.5 Å². The Bertz CT molecular complexity index is 900. The van der Waals surface area contributed by atoms with Crippen LogP contribution in [-0.4, -0.2) is 24.8 Å². The van der Waals surface area contributed by atoms with Crippen molar-refractivity contribution in [2.45, 2.75) is 18.7 Å². The van der Waals surface area contributed by atoms with Crippen molar-refractivity contribution in [3.8, 4) is 5.75 Å². The standard InChI is InChI=1S/C20H17F3O4/c1-12-15-5-3-4-6-16(15)27-11-19(25,17(12)18(24)26-2)13-7-9-14(10-8-13)20(21,22)23/h3-10,25H,11H2,1-2H3. The van der Waals surface area contributed by atoms with Crippen LogP contribution in [0.1, 0.15) is 23.6 Å². The quantitative estimate of drug-likeness (QED) is 0.805. The van der Waals surface area contributed by atoms with Crippen molar-refractivity contribution in [1.29, 1.82) is 0 Å². The molecule has 1 heterocycles. The number of benzene rings is 2. The van der Waals surface area contributed by atoms with Gasteiger partial charge < -0.3 is 14.6 Å². The van der Waals surface area contributed by atoms with E-state index in [1.807, 2.05) is 0 Å². The Balaban J connectivity index is 2.18. The van der Waals surface area contributed by atoms with Gasteiger partial charge in [0.25, 0.3) is 0 Å². The van der Waals surface area contributed by atoms with E-state index in [0.717, 1.165) is 24.3 Å². The van der Waals surface area contributed by atoms with Crippen LogP contribution < -0.4 is 4.74 Å². The molecular formula is C20H17F3O4. The van der Waals surface area contributed by atoms with Gasteiger partial charge in [-0.25, -0.2) is 4.79 Å². The van der Waals surface area contributed by atoms with Crippen LogP contribution in [0.4, 0.5) is 13.2 Å². The molecule has 2 aromatic rings. The SMILES string of the molecule is COC(=O)C1=C(C)c2ccccc2OCC1(O)c1ccc(C(F)(F)F)cc1. The van der Waals surface area contributed by atoms with Crippen molar-refractivity contribution in [3.63, 3.8) is 0 Å². The highest BCUT2D eigenvalue weighted by atomic mass is 19.4. The Morgan fingerprint density at radius 1 is 1.15 bits per heavy atom. The molecule has 1 aliphatic heterocycles. The molecule has 0 bridgehead atoms. The number of halogens is 3. The molecule has 1 N–H and O–H groups in total. The number of alkyl halides is 3. The summed E-state index contributed by atoms with van der Waals surface area (Å²) >= 11 is 0. The van der Waals surface area contributed by atoms with E-state index in [1.165, 1.54) is 7.11 Å². The summed E-state index contributed by atoms with van der Waals surface area (Å²) in [4.78, 5) is 12.5. The first kappa shape index (κ1) is 19.0. The molecule has 142 valence electrons. The minimum atomic E-state index is -4.51. The fraction of sp³-hybridized carbons (Fsp3) is 0.250. The number of fused-ring (bicyclic) bond motifs is 1. The zero-order valence-electron chi connectivity index (χ0n) is 14.6. The Hall–Kier alpha value is -2.80. The molecule has 0 radical (unpaired) electrons. The second-order valence-corrected chi connectivity index (χ2v) is 6.21. The van der Waals surface area contributed by atoms with Crippen LogP contribution in [-0.2, 0) is 21.3 Å². The normalized spacial score (nSPS) is 19.8. The Morgan fingerprint density at radius 2 is 1.78 bits per heavy atom. The van der Waals surface area contributed by atoms with Crippen molar-refractivity contribution in [1.82, 2.24) is 0 Å². The lowest BCUT2D eigenvalue weighted by molar-refractivity contribution is -0.140. The molecule has 0 spiro atoms. The topological polar surface area (TPSA) is 55.8 Å². The van der Waals surface area contributed by atoms with Gasteiger partial charge in [-0.05, 0) is 36.3 Å². The fourth-order valence-electron chi connectivity index (χ4n) is 3.19. The number of carbonyl (C=O) groups is 1. The van der Waals surface area contributed by atoms with Crippen LogP contribution in [0.25, 0.3) is 5.57 Å². The second-order valence-electron chi connectivity index (χ2n) is 6.21. The number of esters is 1. The van der Waals surface area contributed by atoms with Gasteiger partial charge in [0.15, 0.2) is 5.60 Å². The molecule has 7 heteroatoms. The summed E-state index contributed by atoms with van der Waals surface area (Å²) in [6, 6.07) is 10.9. The van der Waals surface area contributed by atoms with Gasteiger partial charge in [-0.1, -0.05) is 30.3 Å². The number of carbonyl (C=O) groups excluding carboxylic acids is 1. The van der Waals surface area contributed by atoms with Gasteiger partial charge in [0.05, 0.1) is 18.2 Å². The first-order valence-electron chi connectivity index (χ1n) is 8.10. The summed E-state index contributed by atoms with van der Waals surface area (Å²) in [7, 11) is 1.17. The molecule has 2 aromatic carbocycles. The summed E-state index contributed by atoms with van der Waals surface area (Å²) in [6.07, 6.45) is -4.51. The molecule has 0 aromatic heterocycles. The maximum Gasteiger partial charge on any atom is 0.416 e. The monoisotopic (exact) mass is 378 g/mol. The fourth-order valence-corrected chi connectivity index (χ4v) is 3.19. The van der Waals surface area contributed by atoms with Crippen LogP contribution >= 0.6 is 0 Å². The summed E-state index contributed by atoms with van der Waals surface area (Å²) in [5, 5.41) is 11.4. The van der Waals surface area contributed by atoms with E-state index in [0.29, 0.717) is 16.9 Å². The maximum absolute atomic E-state index is 12.9. The van der Waals surface area contributed by atoms with E-state index in [9.17, 15) is 23.1 Å². The highest BCUT2D eigenvalue weighted by Crippen LogP contribution is 2.42. The average molecular weight is 378 g/mol. The number of allylic oxidation sites excluding steroid dienone is 1. The molecule has 27 heavy (non-hydrogen) atoms. The number of hydrogen-bond donors (Lipinski definition) is 1. The first-order valence-corrected chi connectivity index (χ1v) is 8.10. The zero-order chi connectivity index (χ0) is 19.8. The third kappa shape index (κ3) is 3.30. The Morgan fingerprint density at radius 3 is 2.37 bits per heavy atom. The zero-order valence-corrected chi connectivity index (χ0v) is 14.6. The van der Waals surface area contributed by atoms with Gasteiger partial charge in [-0.15, -0.1) is 0 Å². The lowest BCUT2D eigenvalue weighted by Gasteiger charge is -2.29. The van der Waals surface area contributed by atoms with E-state index in [1.54, 1.807) is 31.2 Å². The van der Waals surface area contributed by atoms with Crippen LogP contribution in [0.5, 0.6) is 5.75 Å². The Kier molecular flexibility index (Phi) is 4.73. The van der Waals surface area contributed by atoms with Gasteiger partial charge in [-0.3, -0.25) is 0 Å². The van der Waals surface area contributed by atoms with Gasteiger partial charge in [0.1, 0.15) is 12.4 Å². The minimum Gasteiger partial charge on any atom is -0.489 e. The number of para-hydroxylation sites is 1. The van der Waals surface area contributed by atoms with Crippen LogP contribution in [0, 0.1) is 0 Å². The van der Waals surface area contributed by atoms with Crippen molar-refractivity contribution in [2.24, 2.45) is 0 Å². The molecular weight excluding hydrogens is 361 g/mol.